The zero-order chi connectivity index (χ0) is 13.7. The van der Waals surface area contributed by atoms with Gasteiger partial charge >= 0.3 is 0 Å². The Kier molecular flexibility index (Phi) is 3.70. The predicted octanol–water partition coefficient (Wildman–Crippen LogP) is 3.64. The van der Waals surface area contributed by atoms with Crippen molar-refractivity contribution in [2.45, 2.75) is 0 Å². The summed E-state index contributed by atoms with van der Waals surface area (Å²) in [6.07, 6.45) is 3.64. The monoisotopic (exact) mass is 250 g/mol. The van der Waals surface area contributed by atoms with Crippen molar-refractivity contribution in [2.75, 3.05) is 0 Å². The lowest BCUT2D eigenvalue weighted by Crippen LogP contribution is -1.90. The second-order valence-corrected chi connectivity index (χ2v) is 3.88. The molecule has 0 heterocycles. The van der Waals surface area contributed by atoms with Crippen molar-refractivity contribution in [1.29, 1.82) is 5.26 Å². The van der Waals surface area contributed by atoms with Crippen LogP contribution in [0.15, 0.2) is 48.5 Å². The molecule has 4 nitrogen and oxygen atoms in total. The maximum atomic E-state index is 10.6. The molecule has 0 unspecified atom stereocenters. The van der Waals surface area contributed by atoms with Crippen LogP contribution in [0.25, 0.3) is 12.2 Å². The molecule has 0 aliphatic heterocycles. The fourth-order valence-corrected chi connectivity index (χ4v) is 1.65. The third-order valence-corrected chi connectivity index (χ3v) is 2.62. The van der Waals surface area contributed by atoms with E-state index in [1.165, 1.54) is 12.1 Å². The van der Waals surface area contributed by atoms with Crippen LogP contribution < -0.4 is 0 Å². The van der Waals surface area contributed by atoms with Gasteiger partial charge in [0.05, 0.1) is 10.5 Å². The number of non-ortho nitro benzene ring substituents is 1. The molecule has 0 bridgehead atoms. The lowest BCUT2D eigenvalue weighted by atomic mass is 10.1. The Hall–Kier alpha value is -2.93. The summed E-state index contributed by atoms with van der Waals surface area (Å²) in [5.74, 6) is 0. The van der Waals surface area contributed by atoms with E-state index in [0.717, 1.165) is 5.56 Å². The molecule has 2 aromatic carbocycles. The van der Waals surface area contributed by atoms with E-state index in [0.29, 0.717) is 11.1 Å². The largest absolute Gasteiger partial charge is 0.270 e. The summed E-state index contributed by atoms with van der Waals surface area (Å²) in [5, 5.41) is 19.7. The van der Waals surface area contributed by atoms with Crippen molar-refractivity contribution in [2.24, 2.45) is 0 Å². The molecule has 19 heavy (non-hydrogen) atoms. The van der Waals surface area contributed by atoms with Crippen LogP contribution in [0, 0.1) is 21.4 Å². The van der Waals surface area contributed by atoms with Crippen LogP contribution in [0.2, 0.25) is 0 Å². The van der Waals surface area contributed by atoms with Gasteiger partial charge in [-0.15, -0.1) is 0 Å². The van der Waals surface area contributed by atoms with E-state index in [4.69, 9.17) is 5.26 Å². The number of nitro benzene ring substituents is 1. The molecular formula is C15H10N2O2. The third-order valence-electron chi connectivity index (χ3n) is 2.62. The van der Waals surface area contributed by atoms with Crippen LogP contribution in [0.5, 0.6) is 0 Å². The van der Waals surface area contributed by atoms with E-state index < -0.39 is 4.92 Å². The van der Waals surface area contributed by atoms with Crippen LogP contribution in [0.1, 0.15) is 16.7 Å². The molecule has 0 fully saturated rings. The highest BCUT2D eigenvalue weighted by atomic mass is 16.6. The van der Waals surface area contributed by atoms with E-state index in [1.54, 1.807) is 12.1 Å². The molecular weight excluding hydrogens is 240 g/mol. The number of nitriles is 1. The average molecular weight is 250 g/mol. The molecule has 0 aliphatic carbocycles. The zero-order valence-corrected chi connectivity index (χ0v) is 9.98. The molecule has 92 valence electrons. The lowest BCUT2D eigenvalue weighted by Gasteiger charge is -1.98. The van der Waals surface area contributed by atoms with E-state index in [9.17, 15) is 10.1 Å². The van der Waals surface area contributed by atoms with E-state index in [1.807, 2.05) is 42.5 Å². The smallest absolute Gasteiger partial charge is 0.258 e. The van der Waals surface area contributed by atoms with E-state index in [-0.39, 0.29) is 5.69 Å². The number of rotatable bonds is 3. The fourth-order valence-electron chi connectivity index (χ4n) is 1.65. The summed E-state index contributed by atoms with van der Waals surface area (Å²) in [4.78, 5) is 10.1. The summed E-state index contributed by atoms with van der Waals surface area (Å²) in [7, 11) is 0. The summed E-state index contributed by atoms with van der Waals surface area (Å²) >= 11 is 0. The maximum Gasteiger partial charge on any atom is 0.270 e. The summed E-state index contributed by atoms with van der Waals surface area (Å²) in [5.41, 5.74) is 1.89. The Morgan fingerprint density at radius 3 is 2.47 bits per heavy atom. The summed E-state index contributed by atoms with van der Waals surface area (Å²) in [6.45, 7) is 0. The van der Waals surface area contributed by atoms with Crippen molar-refractivity contribution in [3.8, 4) is 6.07 Å². The Bertz CT molecular complexity index is 670. The van der Waals surface area contributed by atoms with Gasteiger partial charge < -0.3 is 0 Å². The van der Waals surface area contributed by atoms with Gasteiger partial charge in [0.25, 0.3) is 5.69 Å². The first kappa shape index (κ1) is 12.5. The lowest BCUT2D eigenvalue weighted by molar-refractivity contribution is -0.384. The summed E-state index contributed by atoms with van der Waals surface area (Å²) < 4.78 is 0. The van der Waals surface area contributed by atoms with Gasteiger partial charge in [-0.3, -0.25) is 10.1 Å². The molecule has 0 saturated heterocycles. The molecule has 0 aliphatic rings. The number of nitro groups is 1. The Labute approximate surface area is 110 Å². The topological polar surface area (TPSA) is 66.9 Å². The van der Waals surface area contributed by atoms with Crippen molar-refractivity contribution in [3.63, 3.8) is 0 Å². The quantitative estimate of drug-likeness (QED) is 0.474. The minimum absolute atomic E-state index is 0.0755. The van der Waals surface area contributed by atoms with E-state index >= 15 is 0 Å². The van der Waals surface area contributed by atoms with Crippen LogP contribution >= 0.6 is 0 Å². The molecule has 0 spiro atoms. The Morgan fingerprint density at radius 2 is 1.84 bits per heavy atom. The number of benzene rings is 2. The van der Waals surface area contributed by atoms with Crippen molar-refractivity contribution in [1.82, 2.24) is 0 Å². The molecule has 4 heteroatoms. The molecule has 0 radical (unpaired) electrons. The van der Waals surface area contributed by atoms with Crippen molar-refractivity contribution < 1.29 is 4.92 Å². The van der Waals surface area contributed by atoms with Crippen molar-refractivity contribution >= 4 is 17.8 Å². The normalized spacial score (nSPS) is 10.3. The molecule has 2 rings (SSSR count). The standard InChI is InChI=1S/C15H10N2O2/c16-11-14-10-15(17(18)19)9-8-13(14)7-6-12-4-2-1-3-5-12/h1-10H/b7-6+. The average Bonchev–Trinajstić information content (AvgIpc) is 2.45. The van der Waals surface area contributed by atoms with Crippen LogP contribution in [0.4, 0.5) is 5.69 Å². The molecule has 0 N–H and O–H groups in total. The maximum absolute atomic E-state index is 10.6. The van der Waals surface area contributed by atoms with Crippen molar-refractivity contribution in [3.05, 3.63) is 75.3 Å². The van der Waals surface area contributed by atoms with Crippen LogP contribution in [-0.4, -0.2) is 4.92 Å². The van der Waals surface area contributed by atoms with Gasteiger partial charge in [0, 0.05) is 12.1 Å². The zero-order valence-electron chi connectivity index (χ0n) is 9.98. The molecule has 0 atom stereocenters. The SMILES string of the molecule is N#Cc1cc([N+](=O)[O-])ccc1/C=C/c1ccccc1. The van der Waals surface area contributed by atoms with Crippen LogP contribution in [-0.2, 0) is 0 Å². The number of hydrogen-bond donors (Lipinski definition) is 0. The molecule has 0 aromatic heterocycles. The highest BCUT2D eigenvalue weighted by molar-refractivity contribution is 5.73. The number of nitrogens with zero attached hydrogens (tertiary/aromatic N) is 2. The van der Waals surface area contributed by atoms with Gasteiger partial charge in [-0.2, -0.15) is 5.26 Å². The van der Waals surface area contributed by atoms with Gasteiger partial charge in [-0.25, -0.2) is 0 Å². The van der Waals surface area contributed by atoms with Crippen LogP contribution in [0.3, 0.4) is 0 Å². The predicted molar refractivity (Wildman–Crippen MR) is 73.2 cm³/mol. The first-order valence-electron chi connectivity index (χ1n) is 5.62. The second-order valence-electron chi connectivity index (χ2n) is 3.88. The highest BCUT2D eigenvalue weighted by Crippen LogP contribution is 2.19. The Morgan fingerprint density at radius 1 is 1.11 bits per heavy atom. The highest BCUT2D eigenvalue weighted by Gasteiger charge is 2.08. The van der Waals surface area contributed by atoms with Gasteiger partial charge in [0.15, 0.2) is 0 Å². The summed E-state index contributed by atoms with van der Waals surface area (Å²) in [6, 6.07) is 15.9. The fraction of sp³-hybridized carbons (Fsp3) is 0. The van der Waals surface area contributed by atoms with Gasteiger partial charge in [-0.1, -0.05) is 42.5 Å². The molecule has 0 saturated carbocycles. The van der Waals surface area contributed by atoms with Gasteiger partial charge in [0.1, 0.15) is 6.07 Å². The third kappa shape index (κ3) is 3.05. The minimum Gasteiger partial charge on any atom is -0.258 e. The second kappa shape index (κ2) is 5.61. The first-order chi connectivity index (χ1) is 9.20. The van der Waals surface area contributed by atoms with E-state index in [2.05, 4.69) is 0 Å². The Balaban J connectivity index is 2.34. The van der Waals surface area contributed by atoms with Gasteiger partial charge in [-0.05, 0) is 17.2 Å². The molecule has 0 amide bonds. The minimum atomic E-state index is -0.508. The van der Waals surface area contributed by atoms with Gasteiger partial charge in [0.2, 0.25) is 0 Å². The number of hydrogen-bond acceptors (Lipinski definition) is 3. The first-order valence-corrected chi connectivity index (χ1v) is 5.62. The molecule has 2 aromatic rings.